The summed E-state index contributed by atoms with van der Waals surface area (Å²) in [6.07, 6.45) is 10.1. The summed E-state index contributed by atoms with van der Waals surface area (Å²) in [6, 6.07) is 0. The number of carbonyl (C=O) groups excluding carboxylic acids is 7. The Morgan fingerprint density at radius 1 is 0.533 bits per heavy atom. The number of nitrogens with one attached hydrogen (secondary N) is 4. The summed E-state index contributed by atoms with van der Waals surface area (Å²) in [5.74, 6) is -1.19. The molecule has 75 heavy (non-hydrogen) atoms. The van der Waals surface area contributed by atoms with E-state index >= 15 is 0 Å². The fourth-order valence-corrected chi connectivity index (χ4v) is 8.20. The third-order valence-electron chi connectivity index (χ3n) is 12.8. The number of Topliss-reactive ketones (excluding diaryl/α,β-unsaturated/α-hetero) is 3. The van der Waals surface area contributed by atoms with Gasteiger partial charge >= 0.3 is 0 Å². The quantitative estimate of drug-likeness (QED) is 0.0400. The van der Waals surface area contributed by atoms with Crippen LogP contribution in [0.1, 0.15) is 189 Å². The predicted octanol–water partition coefficient (Wildman–Crippen LogP) is 4.87. The molecule has 6 atom stereocenters. The van der Waals surface area contributed by atoms with Crippen molar-refractivity contribution in [1.29, 1.82) is 0 Å². The van der Waals surface area contributed by atoms with E-state index in [4.69, 9.17) is 28.4 Å². The third-order valence-corrected chi connectivity index (χ3v) is 12.8. The molecule has 436 valence electrons. The zero-order valence-corrected chi connectivity index (χ0v) is 46.6. The highest BCUT2D eigenvalue weighted by molar-refractivity contribution is 5.80. The van der Waals surface area contributed by atoms with Crippen LogP contribution in [-0.2, 0) is 62.0 Å². The van der Waals surface area contributed by atoms with Gasteiger partial charge in [0, 0.05) is 103 Å². The van der Waals surface area contributed by atoms with Crippen LogP contribution in [0.4, 0.5) is 0 Å². The van der Waals surface area contributed by atoms with Crippen molar-refractivity contribution in [2.75, 3.05) is 79.1 Å². The monoisotopic (exact) mass is 1070 g/mol. The number of aliphatic hydroxyl groups excluding tert-OH is 3. The van der Waals surface area contributed by atoms with E-state index in [-0.39, 0.29) is 119 Å². The zero-order valence-electron chi connectivity index (χ0n) is 46.6. The fourth-order valence-electron chi connectivity index (χ4n) is 8.20. The van der Waals surface area contributed by atoms with Gasteiger partial charge in [0.1, 0.15) is 35.1 Å². The summed E-state index contributed by atoms with van der Waals surface area (Å²) in [5.41, 5.74) is -1.26. The summed E-state index contributed by atoms with van der Waals surface area (Å²) in [4.78, 5) is 88.0. The second-order valence-corrected chi connectivity index (χ2v) is 20.3. The molecule has 0 spiro atoms. The summed E-state index contributed by atoms with van der Waals surface area (Å²) in [5, 5.41) is 41.1. The number of hydrogen-bond donors (Lipinski definition) is 7. The van der Waals surface area contributed by atoms with Crippen LogP contribution in [0.25, 0.3) is 0 Å². The molecular weight excluding hydrogens is 973 g/mol. The molecule has 20 nitrogen and oxygen atoms in total. The summed E-state index contributed by atoms with van der Waals surface area (Å²) in [7, 11) is 0. The molecule has 1 fully saturated rings. The highest BCUT2D eigenvalue weighted by Crippen LogP contribution is 2.27. The van der Waals surface area contributed by atoms with Crippen molar-refractivity contribution in [3.8, 4) is 0 Å². The maximum atomic E-state index is 13.6. The lowest BCUT2D eigenvalue weighted by atomic mass is 9.92. The Labute approximate surface area is 448 Å². The Hall–Kier alpha value is -3.47. The van der Waals surface area contributed by atoms with Gasteiger partial charge in [-0.3, -0.25) is 33.6 Å². The average Bonchev–Trinajstić information content (AvgIpc) is 3.37. The standard InChI is InChI=1S/C55H100N4O16/c1-6-7-8-12-22-46(63)27-35-70-39-55(41-72-37-29-50(66)58-32-20-31-56-44(5)61,59-51(67)26-19-25-49(65)57-30-16-9-10-17-33-73-42(2)3)40-71-36-28-47(64)23-14-11-13-21-45(62)24-15-18-34-74-54-43(4)52(68)53(69)48(38-60)75-54/h42-43,48,52-54,60,68-69H,6-41H2,1-5H3,(H,56,61)(H,57,65)(H,58,66)(H,59,67)/t43?,48?,52-,53+,54-,55?/m1/s1. The molecule has 0 radical (unpaired) electrons. The van der Waals surface area contributed by atoms with E-state index < -0.39 is 42.7 Å². The van der Waals surface area contributed by atoms with Crippen LogP contribution < -0.4 is 21.3 Å². The maximum absolute atomic E-state index is 13.6. The SMILES string of the molecule is CCCCCCC(=O)CCOCC(COCCC(=O)CCCCCC(=O)CCCCO[C@@H]1OC(CO)[C@H](O)[C@H](O)C1C)(COCCC(=O)NCCCNC(C)=O)NC(=O)CCCC(=O)NCCCCCCOC(C)C. The number of amides is 4. The van der Waals surface area contributed by atoms with Gasteiger partial charge in [-0.1, -0.05) is 52.4 Å². The van der Waals surface area contributed by atoms with Gasteiger partial charge < -0.3 is 65.0 Å². The molecule has 1 aliphatic heterocycles. The van der Waals surface area contributed by atoms with Gasteiger partial charge in [-0.05, 0) is 71.6 Å². The average molecular weight is 1070 g/mol. The van der Waals surface area contributed by atoms with E-state index in [2.05, 4.69) is 28.2 Å². The van der Waals surface area contributed by atoms with Crippen LogP contribution in [0, 0.1) is 5.92 Å². The molecule has 1 heterocycles. The van der Waals surface area contributed by atoms with Crippen LogP contribution in [0.15, 0.2) is 0 Å². The largest absolute Gasteiger partial charge is 0.394 e. The summed E-state index contributed by atoms with van der Waals surface area (Å²) in [6.45, 7) is 11.1. The molecule has 20 heteroatoms. The molecule has 0 aromatic rings. The van der Waals surface area contributed by atoms with Crippen molar-refractivity contribution in [3.63, 3.8) is 0 Å². The van der Waals surface area contributed by atoms with Gasteiger partial charge in [-0.2, -0.15) is 0 Å². The number of ether oxygens (including phenoxy) is 6. The van der Waals surface area contributed by atoms with Crippen LogP contribution in [0.5, 0.6) is 0 Å². The van der Waals surface area contributed by atoms with Crippen molar-refractivity contribution >= 4 is 41.0 Å². The molecule has 1 saturated heterocycles. The Kier molecular flexibility index (Phi) is 41.3. The number of unbranched alkanes of at least 4 members (excludes halogenated alkanes) is 9. The lowest BCUT2D eigenvalue weighted by molar-refractivity contribution is -0.282. The van der Waals surface area contributed by atoms with E-state index in [0.717, 1.165) is 58.0 Å². The van der Waals surface area contributed by atoms with Crippen molar-refractivity contribution in [2.45, 2.75) is 225 Å². The van der Waals surface area contributed by atoms with Crippen molar-refractivity contribution < 1.29 is 77.3 Å². The first-order valence-electron chi connectivity index (χ1n) is 28.2. The molecule has 0 saturated carbocycles. The fraction of sp³-hybridized carbons (Fsp3) is 0.873. The number of aliphatic hydroxyl groups is 3. The zero-order chi connectivity index (χ0) is 55.5. The second-order valence-electron chi connectivity index (χ2n) is 20.3. The maximum Gasteiger partial charge on any atom is 0.222 e. The van der Waals surface area contributed by atoms with Gasteiger partial charge in [0.15, 0.2) is 6.29 Å². The third kappa shape index (κ3) is 37.1. The minimum absolute atomic E-state index is 0.0119. The minimum atomic E-state index is -1.26. The molecule has 4 amide bonds. The second kappa shape index (κ2) is 44.5. The summed E-state index contributed by atoms with van der Waals surface area (Å²) < 4.78 is 35.0. The van der Waals surface area contributed by atoms with Gasteiger partial charge in [-0.25, -0.2) is 0 Å². The highest BCUT2D eigenvalue weighted by Gasteiger charge is 2.42. The van der Waals surface area contributed by atoms with E-state index in [1.54, 1.807) is 6.92 Å². The number of ketones is 3. The van der Waals surface area contributed by atoms with E-state index in [0.29, 0.717) is 96.9 Å². The molecule has 3 unspecified atom stereocenters. The number of hydrogen-bond acceptors (Lipinski definition) is 16. The smallest absolute Gasteiger partial charge is 0.222 e. The van der Waals surface area contributed by atoms with Crippen LogP contribution >= 0.6 is 0 Å². The molecule has 0 aromatic heterocycles. The Bertz CT molecular complexity index is 1570. The Balaban J connectivity index is 2.76. The predicted molar refractivity (Wildman–Crippen MR) is 284 cm³/mol. The Morgan fingerprint density at radius 3 is 1.59 bits per heavy atom. The lowest BCUT2D eigenvalue weighted by Crippen LogP contribution is -2.58. The molecule has 1 aliphatic rings. The van der Waals surface area contributed by atoms with E-state index in [1.807, 2.05) is 13.8 Å². The summed E-state index contributed by atoms with van der Waals surface area (Å²) >= 11 is 0. The lowest BCUT2D eigenvalue weighted by Gasteiger charge is -2.40. The van der Waals surface area contributed by atoms with E-state index in [1.165, 1.54) is 6.92 Å². The molecular formula is C55H100N4O16. The molecule has 0 bridgehead atoms. The van der Waals surface area contributed by atoms with Gasteiger partial charge in [0.05, 0.1) is 58.5 Å². The molecule has 0 aliphatic carbocycles. The normalized spacial score (nSPS) is 18.3. The highest BCUT2D eigenvalue weighted by atomic mass is 16.7. The van der Waals surface area contributed by atoms with Crippen LogP contribution in [0.2, 0.25) is 0 Å². The first kappa shape index (κ1) is 69.5. The van der Waals surface area contributed by atoms with Crippen LogP contribution in [0.3, 0.4) is 0 Å². The molecule has 0 aromatic carbocycles. The Morgan fingerprint density at radius 2 is 1.01 bits per heavy atom. The topological polar surface area (TPSA) is 284 Å². The first-order chi connectivity index (χ1) is 36.0. The van der Waals surface area contributed by atoms with Gasteiger partial charge in [0.25, 0.3) is 0 Å². The minimum Gasteiger partial charge on any atom is -0.394 e. The van der Waals surface area contributed by atoms with Crippen molar-refractivity contribution in [1.82, 2.24) is 21.3 Å². The van der Waals surface area contributed by atoms with E-state index in [9.17, 15) is 48.9 Å². The van der Waals surface area contributed by atoms with Crippen molar-refractivity contribution in [2.24, 2.45) is 5.92 Å². The number of rotatable bonds is 50. The molecule has 7 N–H and O–H groups in total. The number of carbonyl (C=O) groups is 7. The van der Waals surface area contributed by atoms with Gasteiger partial charge in [-0.15, -0.1) is 0 Å². The molecule has 1 rings (SSSR count). The first-order valence-corrected chi connectivity index (χ1v) is 28.2. The van der Waals surface area contributed by atoms with Gasteiger partial charge in [0.2, 0.25) is 23.6 Å². The van der Waals surface area contributed by atoms with Crippen molar-refractivity contribution in [3.05, 3.63) is 0 Å². The van der Waals surface area contributed by atoms with Crippen LogP contribution in [-0.4, -0.2) is 172 Å².